The maximum Gasteiger partial charge on any atom is 0.0433 e. The van der Waals surface area contributed by atoms with Crippen LogP contribution in [0.1, 0.15) is 11.1 Å². The summed E-state index contributed by atoms with van der Waals surface area (Å²) < 4.78 is 2.77. The van der Waals surface area contributed by atoms with Crippen LogP contribution in [0.4, 0.5) is 0 Å². The third-order valence-corrected chi connectivity index (χ3v) is 6.36. The fourth-order valence-electron chi connectivity index (χ4n) is 3.83. The van der Waals surface area contributed by atoms with Crippen LogP contribution < -0.4 is 0 Å². The summed E-state index contributed by atoms with van der Waals surface area (Å²) in [6, 6.07) is 26.6. The molecule has 0 atom stereocenters. The number of benzene rings is 4. The van der Waals surface area contributed by atoms with E-state index in [0.29, 0.717) is 0 Å². The van der Waals surface area contributed by atoms with Gasteiger partial charge in [0.2, 0.25) is 0 Å². The van der Waals surface area contributed by atoms with Crippen molar-refractivity contribution >= 4 is 42.3 Å². The normalized spacial score (nSPS) is 11.6. The molecule has 0 saturated carbocycles. The van der Waals surface area contributed by atoms with Crippen LogP contribution in [-0.2, 0) is 0 Å². The highest BCUT2D eigenvalue weighted by Gasteiger charge is 2.11. The summed E-state index contributed by atoms with van der Waals surface area (Å²) in [5.41, 5.74) is 5.34. The lowest BCUT2D eigenvalue weighted by atomic mass is 9.93. The van der Waals surface area contributed by atoms with Crippen LogP contribution >= 0.6 is 11.3 Å². The first-order valence-electron chi connectivity index (χ1n) is 8.63. The Morgan fingerprint density at radius 3 is 2.28 bits per heavy atom. The number of fused-ring (bicyclic) bond motifs is 5. The Kier molecular flexibility index (Phi) is 3.19. The Balaban J connectivity index is 1.86. The molecule has 1 aromatic heterocycles. The van der Waals surface area contributed by atoms with E-state index < -0.39 is 0 Å². The molecule has 25 heavy (non-hydrogen) atoms. The van der Waals surface area contributed by atoms with Gasteiger partial charge in [-0.25, -0.2) is 0 Å². The van der Waals surface area contributed by atoms with Crippen LogP contribution in [0.3, 0.4) is 0 Å². The number of aryl methyl sites for hydroxylation is 2. The van der Waals surface area contributed by atoms with Gasteiger partial charge in [-0.05, 0) is 65.1 Å². The van der Waals surface area contributed by atoms with E-state index >= 15 is 0 Å². The lowest BCUT2D eigenvalue weighted by molar-refractivity contribution is 1.42. The van der Waals surface area contributed by atoms with Gasteiger partial charge in [0.05, 0.1) is 0 Å². The van der Waals surface area contributed by atoms with Gasteiger partial charge in [-0.2, -0.15) is 0 Å². The van der Waals surface area contributed by atoms with E-state index in [0.717, 1.165) is 0 Å². The van der Waals surface area contributed by atoms with E-state index in [1.165, 1.54) is 53.2 Å². The third kappa shape index (κ3) is 2.20. The molecule has 0 radical (unpaired) electrons. The van der Waals surface area contributed by atoms with Crippen LogP contribution in [0, 0.1) is 13.8 Å². The summed E-state index contributed by atoms with van der Waals surface area (Å²) in [5.74, 6) is 0. The zero-order valence-corrected chi connectivity index (χ0v) is 15.2. The Morgan fingerprint density at radius 1 is 0.600 bits per heavy atom. The fourth-order valence-corrected chi connectivity index (χ4v) is 5.06. The summed E-state index contributed by atoms with van der Waals surface area (Å²) in [6.07, 6.45) is 0. The summed E-state index contributed by atoms with van der Waals surface area (Å²) in [5, 5.41) is 5.43. The molecule has 0 unspecified atom stereocenters. The number of hydrogen-bond acceptors (Lipinski definition) is 1. The van der Waals surface area contributed by atoms with E-state index in [2.05, 4.69) is 86.6 Å². The first-order chi connectivity index (χ1) is 12.2. The van der Waals surface area contributed by atoms with Crippen molar-refractivity contribution in [3.05, 3.63) is 83.9 Å². The lowest BCUT2D eigenvalue weighted by Crippen LogP contribution is -1.87. The Hall–Kier alpha value is -2.64. The highest BCUT2D eigenvalue weighted by atomic mass is 32.1. The van der Waals surface area contributed by atoms with Gasteiger partial charge in [0.1, 0.15) is 0 Å². The number of hydrogen-bond donors (Lipinski definition) is 0. The summed E-state index contributed by atoms with van der Waals surface area (Å²) in [6.45, 7) is 4.42. The van der Waals surface area contributed by atoms with Crippen LogP contribution in [0.2, 0.25) is 0 Å². The predicted octanol–water partition coefficient (Wildman–Crippen LogP) is 7.49. The van der Waals surface area contributed by atoms with Crippen molar-refractivity contribution < 1.29 is 0 Å². The minimum atomic E-state index is 1.32. The largest absolute Gasteiger partial charge is 0.135 e. The van der Waals surface area contributed by atoms with Crippen LogP contribution in [-0.4, -0.2) is 0 Å². The molecule has 0 aliphatic carbocycles. The van der Waals surface area contributed by atoms with Gasteiger partial charge >= 0.3 is 0 Å². The molecular weight excluding hydrogens is 320 g/mol. The molecule has 0 nitrogen and oxygen atoms in total. The fraction of sp³-hybridized carbons (Fsp3) is 0.0833. The molecule has 5 rings (SSSR count). The van der Waals surface area contributed by atoms with Crippen molar-refractivity contribution in [3.8, 4) is 11.1 Å². The van der Waals surface area contributed by atoms with Gasteiger partial charge in [-0.1, -0.05) is 54.6 Å². The molecule has 1 heterocycles. The molecular formula is C24H18S. The molecule has 0 bridgehead atoms. The average Bonchev–Trinajstić information content (AvgIpc) is 3.01. The molecule has 1 heteroatoms. The zero-order chi connectivity index (χ0) is 17.0. The first kappa shape index (κ1) is 14.7. The second-order valence-electron chi connectivity index (χ2n) is 6.74. The van der Waals surface area contributed by atoms with Crippen LogP contribution in [0.5, 0.6) is 0 Å². The van der Waals surface area contributed by atoms with Crippen molar-refractivity contribution in [2.75, 3.05) is 0 Å². The topological polar surface area (TPSA) is 0 Å². The van der Waals surface area contributed by atoms with Crippen molar-refractivity contribution in [3.63, 3.8) is 0 Å². The van der Waals surface area contributed by atoms with E-state index in [4.69, 9.17) is 0 Å². The molecule has 0 saturated heterocycles. The van der Waals surface area contributed by atoms with E-state index in [-0.39, 0.29) is 0 Å². The monoisotopic (exact) mass is 338 g/mol. The molecule has 0 aliphatic heterocycles. The minimum absolute atomic E-state index is 1.32. The van der Waals surface area contributed by atoms with Gasteiger partial charge in [0, 0.05) is 20.2 Å². The molecule has 0 spiro atoms. The maximum absolute atomic E-state index is 2.37. The molecule has 0 amide bonds. The van der Waals surface area contributed by atoms with E-state index in [9.17, 15) is 0 Å². The first-order valence-corrected chi connectivity index (χ1v) is 9.44. The summed E-state index contributed by atoms with van der Waals surface area (Å²) in [4.78, 5) is 0. The zero-order valence-electron chi connectivity index (χ0n) is 14.3. The Labute approximate surface area is 151 Å². The van der Waals surface area contributed by atoms with Crippen LogP contribution in [0.15, 0.2) is 72.8 Å². The van der Waals surface area contributed by atoms with Crippen molar-refractivity contribution in [1.29, 1.82) is 0 Å². The second-order valence-corrected chi connectivity index (χ2v) is 7.80. The average molecular weight is 338 g/mol. The second kappa shape index (κ2) is 5.44. The summed E-state index contributed by atoms with van der Waals surface area (Å²) in [7, 11) is 0. The standard InChI is InChI=1S/C24H18S/c1-15-7-3-4-8-18(15)21-14-17-11-12-20-19-9-5-6-10-23(19)25-24(20)22(17)13-16(21)2/h3-14H,1-2H3. The van der Waals surface area contributed by atoms with E-state index in [1.807, 2.05) is 11.3 Å². The highest BCUT2D eigenvalue weighted by Crippen LogP contribution is 2.40. The Bertz CT molecular complexity index is 1260. The molecule has 5 aromatic rings. The van der Waals surface area contributed by atoms with Crippen molar-refractivity contribution in [1.82, 2.24) is 0 Å². The van der Waals surface area contributed by atoms with E-state index in [1.54, 1.807) is 0 Å². The Morgan fingerprint density at radius 2 is 1.40 bits per heavy atom. The van der Waals surface area contributed by atoms with Gasteiger partial charge < -0.3 is 0 Å². The predicted molar refractivity (Wildman–Crippen MR) is 112 cm³/mol. The SMILES string of the molecule is Cc1ccccc1-c1cc2ccc3c4ccccc4sc3c2cc1C. The molecule has 0 fully saturated rings. The van der Waals surface area contributed by atoms with Gasteiger partial charge in [-0.3, -0.25) is 0 Å². The van der Waals surface area contributed by atoms with Crippen LogP contribution in [0.25, 0.3) is 42.1 Å². The third-order valence-electron chi connectivity index (χ3n) is 5.14. The molecule has 0 N–H and O–H groups in total. The van der Waals surface area contributed by atoms with Crippen molar-refractivity contribution in [2.24, 2.45) is 0 Å². The maximum atomic E-state index is 2.37. The summed E-state index contributed by atoms with van der Waals surface area (Å²) >= 11 is 1.90. The van der Waals surface area contributed by atoms with Crippen molar-refractivity contribution in [2.45, 2.75) is 13.8 Å². The number of thiophene rings is 1. The quantitative estimate of drug-likeness (QED) is 0.297. The van der Waals surface area contributed by atoms with Gasteiger partial charge in [0.15, 0.2) is 0 Å². The minimum Gasteiger partial charge on any atom is -0.135 e. The molecule has 0 aliphatic rings. The highest BCUT2D eigenvalue weighted by molar-refractivity contribution is 7.26. The van der Waals surface area contributed by atoms with Gasteiger partial charge in [0.25, 0.3) is 0 Å². The smallest absolute Gasteiger partial charge is 0.0433 e. The van der Waals surface area contributed by atoms with Gasteiger partial charge in [-0.15, -0.1) is 11.3 Å². The number of rotatable bonds is 1. The molecule has 120 valence electrons. The molecule has 4 aromatic carbocycles. The lowest BCUT2D eigenvalue weighted by Gasteiger charge is -2.11.